The summed E-state index contributed by atoms with van der Waals surface area (Å²) in [6.45, 7) is 2.26. The molecule has 7 nitrogen and oxygen atoms in total. The second-order valence-corrected chi connectivity index (χ2v) is 6.30. The highest BCUT2D eigenvalue weighted by atomic mass is 32.2. The molecule has 0 aromatic rings. The summed E-state index contributed by atoms with van der Waals surface area (Å²) in [7, 11) is -3.21. The Labute approximate surface area is 99.8 Å². The number of nitrogens with zero attached hydrogens (tertiary/aromatic N) is 2. The number of nitrogens with one attached hydrogen (secondary N) is 1. The van der Waals surface area contributed by atoms with Crippen molar-refractivity contribution < 1.29 is 18.0 Å². The summed E-state index contributed by atoms with van der Waals surface area (Å²) in [6, 6.07) is -0.732. The molecule has 0 radical (unpaired) electrons. The highest BCUT2D eigenvalue weighted by Crippen LogP contribution is 2.21. The Hall–Kier alpha value is -1.15. The van der Waals surface area contributed by atoms with Crippen molar-refractivity contribution in [2.45, 2.75) is 19.4 Å². The molecular formula is C9H15N3O4S. The van der Waals surface area contributed by atoms with Crippen molar-refractivity contribution in [3.8, 4) is 0 Å². The van der Waals surface area contributed by atoms with E-state index >= 15 is 0 Å². The van der Waals surface area contributed by atoms with Gasteiger partial charge in [-0.1, -0.05) is 6.92 Å². The molecule has 2 aliphatic rings. The van der Waals surface area contributed by atoms with Gasteiger partial charge in [0.1, 0.15) is 0 Å². The lowest BCUT2D eigenvalue weighted by atomic mass is 10.1. The summed E-state index contributed by atoms with van der Waals surface area (Å²) in [6.07, 6.45) is 0.562. The van der Waals surface area contributed by atoms with E-state index in [1.54, 1.807) is 6.92 Å². The first kappa shape index (κ1) is 12.3. The van der Waals surface area contributed by atoms with E-state index in [1.165, 1.54) is 4.31 Å². The second-order valence-electron chi connectivity index (χ2n) is 4.21. The first-order chi connectivity index (χ1) is 7.95. The number of rotatable bonds is 4. The quantitative estimate of drug-likeness (QED) is 0.655. The van der Waals surface area contributed by atoms with Crippen LogP contribution in [0.4, 0.5) is 4.79 Å². The fourth-order valence-electron chi connectivity index (χ4n) is 2.00. The molecule has 2 rings (SSSR count). The minimum Gasteiger partial charge on any atom is -0.329 e. The van der Waals surface area contributed by atoms with Gasteiger partial charge >= 0.3 is 6.03 Å². The van der Waals surface area contributed by atoms with Crippen LogP contribution >= 0.6 is 0 Å². The lowest BCUT2D eigenvalue weighted by molar-refractivity contribution is -0.128. The van der Waals surface area contributed by atoms with E-state index in [-0.39, 0.29) is 37.3 Å². The van der Waals surface area contributed by atoms with Crippen LogP contribution in [0, 0.1) is 0 Å². The van der Waals surface area contributed by atoms with E-state index < -0.39 is 16.1 Å². The maximum Gasteiger partial charge on any atom is 0.324 e. The highest BCUT2D eigenvalue weighted by Gasteiger charge is 2.44. The Morgan fingerprint density at radius 2 is 2.00 bits per heavy atom. The predicted molar refractivity (Wildman–Crippen MR) is 59.7 cm³/mol. The smallest absolute Gasteiger partial charge is 0.324 e. The van der Waals surface area contributed by atoms with E-state index in [4.69, 9.17) is 0 Å². The number of amides is 3. The van der Waals surface area contributed by atoms with Crippen molar-refractivity contribution in [2.24, 2.45) is 0 Å². The molecule has 8 heteroatoms. The van der Waals surface area contributed by atoms with Crippen LogP contribution in [0.15, 0.2) is 0 Å². The summed E-state index contributed by atoms with van der Waals surface area (Å²) in [5.74, 6) is -0.174. The summed E-state index contributed by atoms with van der Waals surface area (Å²) in [4.78, 5) is 23.8. The minimum absolute atomic E-state index is 0.0110. The van der Waals surface area contributed by atoms with Crippen LogP contribution < -0.4 is 5.32 Å². The maximum absolute atomic E-state index is 11.7. The third-order valence-electron chi connectivity index (χ3n) is 2.93. The average Bonchev–Trinajstić information content (AvgIpc) is 2.46. The normalized spacial score (nSPS) is 22.8. The summed E-state index contributed by atoms with van der Waals surface area (Å²) >= 11 is 0. The molecule has 0 aliphatic carbocycles. The zero-order chi connectivity index (χ0) is 12.6. The van der Waals surface area contributed by atoms with Crippen LogP contribution in [0.3, 0.4) is 0 Å². The largest absolute Gasteiger partial charge is 0.329 e. The molecule has 0 saturated carbocycles. The van der Waals surface area contributed by atoms with Gasteiger partial charge in [-0.25, -0.2) is 13.2 Å². The number of imide groups is 1. The fraction of sp³-hybridized carbons (Fsp3) is 0.778. The average molecular weight is 261 g/mol. The van der Waals surface area contributed by atoms with Gasteiger partial charge in [-0.3, -0.25) is 9.69 Å². The Morgan fingerprint density at radius 3 is 2.47 bits per heavy atom. The van der Waals surface area contributed by atoms with Crippen molar-refractivity contribution in [1.82, 2.24) is 14.5 Å². The Bertz CT molecular complexity index is 425. The summed E-state index contributed by atoms with van der Waals surface area (Å²) in [5.41, 5.74) is 0. The van der Waals surface area contributed by atoms with E-state index in [2.05, 4.69) is 5.32 Å². The van der Waals surface area contributed by atoms with Crippen LogP contribution in [0.5, 0.6) is 0 Å². The molecule has 1 N–H and O–H groups in total. The topological polar surface area (TPSA) is 86.8 Å². The van der Waals surface area contributed by atoms with Crippen molar-refractivity contribution >= 4 is 22.0 Å². The standard InChI is InChI=1S/C9H15N3O4S/c1-2-3-17(15,16)11-5-7(6-11)12-8(13)4-10-9(12)14/h7H,2-6H2,1H3,(H,10,14). The number of hydrogen-bond donors (Lipinski definition) is 1. The summed E-state index contributed by atoms with van der Waals surface area (Å²) < 4.78 is 24.6. The zero-order valence-electron chi connectivity index (χ0n) is 9.55. The summed E-state index contributed by atoms with van der Waals surface area (Å²) in [5, 5.41) is 2.42. The molecule has 2 heterocycles. The van der Waals surface area contributed by atoms with Gasteiger partial charge in [-0.2, -0.15) is 4.31 Å². The van der Waals surface area contributed by atoms with Crippen LogP contribution in [0.25, 0.3) is 0 Å². The minimum atomic E-state index is -3.21. The van der Waals surface area contributed by atoms with Crippen LogP contribution in [-0.4, -0.2) is 61.0 Å². The Morgan fingerprint density at radius 1 is 1.35 bits per heavy atom. The van der Waals surface area contributed by atoms with Crippen LogP contribution in [0.1, 0.15) is 13.3 Å². The lowest BCUT2D eigenvalue weighted by Crippen LogP contribution is -2.62. The van der Waals surface area contributed by atoms with Crippen LogP contribution in [0.2, 0.25) is 0 Å². The van der Waals surface area contributed by atoms with Crippen molar-refractivity contribution in [3.63, 3.8) is 0 Å². The molecule has 0 unspecified atom stereocenters. The second kappa shape index (κ2) is 4.26. The van der Waals surface area contributed by atoms with Gasteiger partial charge in [-0.05, 0) is 6.42 Å². The van der Waals surface area contributed by atoms with Crippen molar-refractivity contribution in [2.75, 3.05) is 25.4 Å². The predicted octanol–water partition coefficient (Wildman–Crippen LogP) is -1.04. The number of urea groups is 1. The van der Waals surface area contributed by atoms with Gasteiger partial charge in [0.25, 0.3) is 0 Å². The number of carbonyl (C=O) groups is 2. The third kappa shape index (κ3) is 2.14. The van der Waals surface area contributed by atoms with Gasteiger partial charge in [0.15, 0.2) is 0 Å². The highest BCUT2D eigenvalue weighted by molar-refractivity contribution is 7.89. The molecule has 0 bridgehead atoms. The lowest BCUT2D eigenvalue weighted by Gasteiger charge is -2.41. The van der Waals surface area contributed by atoms with Crippen molar-refractivity contribution in [1.29, 1.82) is 0 Å². The van der Waals surface area contributed by atoms with Gasteiger partial charge < -0.3 is 5.32 Å². The van der Waals surface area contributed by atoms with Gasteiger partial charge in [0.05, 0.1) is 18.3 Å². The molecule has 3 amide bonds. The molecule has 0 aromatic carbocycles. The van der Waals surface area contributed by atoms with E-state index in [0.717, 1.165) is 4.90 Å². The molecule has 0 spiro atoms. The molecule has 2 aliphatic heterocycles. The van der Waals surface area contributed by atoms with Crippen molar-refractivity contribution in [3.05, 3.63) is 0 Å². The monoisotopic (exact) mass is 261 g/mol. The van der Waals surface area contributed by atoms with Gasteiger partial charge in [0.2, 0.25) is 15.9 Å². The van der Waals surface area contributed by atoms with E-state index in [0.29, 0.717) is 6.42 Å². The molecule has 0 aromatic heterocycles. The SMILES string of the molecule is CCCS(=O)(=O)N1CC(N2C(=O)CNC2=O)C1. The molecule has 2 saturated heterocycles. The number of sulfonamides is 1. The fourth-order valence-corrected chi connectivity index (χ4v) is 3.57. The maximum atomic E-state index is 11.7. The Balaban J connectivity index is 1.95. The number of hydrogen-bond acceptors (Lipinski definition) is 4. The first-order valence-electron chi connectivity index (χ1n) is 5.53. The van der Waals surface area contributed by atoms with E-state index in [1.807, 2.05) is 0 Å². The first-order valence-corrected chi connectivity index (χ1v) is 7.14. The molecule has 17 heavy (non-hydrogen) atoms. The van der Waals surface area contributed by atoms with Crippen LogP contribution in [-0.2, 0) is 14.8 Å². The molecule has 0 atom stereocenters. The molecular weight excluding hydrogens is 246 g/mol. The molecule has 2 fully saturated rings. The Kier molecular flexibility index (Phi) is 3.09. The third-order valence-corrected chi connectivity index (χ3v) is 4.94. The van der Waals surface area contributed by atoms with Gasteiger partial charge in [-0.15, -0.1) is 0 Å². The zero-order valence-corrected chi connectivity index (χ0v) is 10.4. The van der Waals surface area contributed by atoms with E-state index in [9.17, 15) is 18.0 Å². The molecule has 96 valence electrons. The number of carbonyl (C=O) groups excluding carboxylic acids is 2. The van der Waals surface area contributed by atoms with Gasteiger partial charge in [0, 0.05) is 13.1 Å².